The van der Waals surface area contributed by atoms with Gasteiger partial charge in [-0.15, -0.1) is 0 Å². The van der Waals surface area contributed by atoms with Crippen molar-refractivity contribution < 1.29 is 9.90 Å². The van der Waals surface area contributed by atoms with Crippen LogP contribution in [0.25, 0.3) is 0 Å². The number of rotatable bonds is 3. The maximum absolute atomic E-state index is 11.0. The minimum Gasteiger partial charge on any atom is -0.393 e. The molecule has 0 aromatic heterocycles. The van der Waals surface area contributed by atoms with Gasteiger partial charge in [0.1, 0.15) is 0 Å². The number of aliphatic hydroxyl groups excluding tert-OH is 1. The Morgan fingerprint density at radius 1 is 1.25 bits per heavy atom. The average Bonchev–Trinajstić information content (AvgIpc) is 2.66. The van der Waals surface area contributed by atoms with Crippen molar-refractivity contribution in [3.05, 3.63) is 0 Å². The van der Waals surface area contributed by atoms with Crippen LogP contribution < -0.4 is 5.73 Å². The Balaban J connectivity index is 1.98. The highest BCUT2D eigenvalue weighted by Gasteiger charge is 2.37. The number of nitrogens with zero attached hydrogens (tertiary/aromatic N) is 1. The lowest BCUT2D eigenvalue weighted by atomic mass is 9.80. The molecule has 1 aliphatic carbocycles. The van der Waals surface area contributed by atoms with E-state index in [-0.39, 0.29) is 12.0 Å². The van der Waals surface area contributed by atoms with E-state index in [9.17, 15) is 9.90 Å². The van der Waals surface area contributed by atoms with E-state index in [0.717, 1.165) is 38.6 Å². The van der Waals surface area contributed by atoms with Gasteiger partial charge >= 0.3 is 0 Å². The molecular formula is C12H22N2O2. The summed E-state index contributed by atoms with van der Waals surface area (Å²) in [5, 5.41) is 10.0. The van der Waals surface area contributed by atoms with Gasteiger partial charge in [0.2, 0.25) is 5.91 Å². The van der Waals surface area contributed by atoms with Gasteiger partial charge in [-0.2, -0.15) is 0 Å². The first-order valence-electron chi connectivity index (χ1n) is 6.39. The zero-order valence-electron chi connectivity index (χ0n) is 9.77. The zero-order valence-corrected chi connectivity index (χ0v) is 9.77. The van der Waals surface area contributed by atoms with Crippen LogP contribution in [-0.2, 0) is 4.79 Å². The normalized spacial score (nSPS) is 36.4. The molecular weight excluding hydrogens is 204 g/mol. The number of nitrogens with two attached hydrogens (primary N) is 1. The molecule has 4 nitrogen and oxygen atoms in total. The second-order valence-corrected chi connectivity index (χ2v) is 5.16. The zero-order chi connectivity index (χ0) is 11.5. The van der Waals surface area contributed by atoms with Crippen molar-refractivity contribution in [2.45, 2.75) is 50.7 Å². The fourth-order valence-electron chi connectivity index (χ4n) is 3.32. The van der Waals surface area contributed by atoms with Crippen LogP contribution in [0.4, 0.5) is 0 Å². The van der Waals surface area contributed by atoms with E-state index < -0.39 is 0 Å². The standard InChI is InChI=1S/C12H22N2O2/c13-12(16)8-14-7-3-5-10(14)9-4-1-2-6-11(9)15/h9-11,15H,1-8H2,(H2,13,16). The van der Waals surface area contributed by atoms with Gasteiger partial charge in [-0.1, -0.05) is 12.8 Å². The average molecular weight is 226 g/mol. The Morgan fingerprint density at radius 3 is 2.69 bits per heavy atom. The fraction of sp³-hybridized carbons (Fsp3) is 0.917. The van der Waals surface area contributed by atoms with E-state index in [4.69, 9.17) is 5.73 Å². The third-order valence-electron chi connectivity index (χ3n) is 4.05. The number of likely N-dealkylation sites (tertiary alicyclic amines) is 1. The number of amides is 1. The number of aliphatic hydroxyl groups is 1. The van der Waals surface area contributed by atoms with Gasteiger partial charge in [0.15, 0.2) is 0 Å². The van der Waals surface area contributed by atoms with Crippen molar-refractivity contribution >= 4 is 5.91 Å². The number of carbonyl (C=O) groups excluding carboxylic acids is 1. The highest BCUT2D eigenvalue weighted by Crippen LogP contribution is 2.34. The number of primary amides is 1. The molecule has 0 aromatic rings. The molecule has 2 fully saturated rings. The van der Waals surface area contributed by atoms with Gasteiger partial charge in [0.05, 0.1) is 12.6 Å². The Hall–Kier alpha value is -0.610. The smallest absolute Gasteiger partial charge is 0.231 e. The molecule has 1 saturated carbocycles. The number of hydrogen-bond donors (Lipinski definition) is 2. The summed E-state index contributed by atoms with van der Waals surface area (Å²) in [6.45, 7) is 1.31. The molecule has 0 spiro atoms. The van der Waals surface area contributed by atoms with E-state index in [2.05, 4.69) is 4.90 Å². The van der Waals surface area contributed by atoms with E-state index in [1.165, 1.54) is 6.42 Å². The third kappa shape index (κ3) is 2.55. The Morgan fingerprint density at radius 2 is 2.00 bits per heavy atom. The molecule has 0 bridgehead atoms. The van der Waals surface area contributed by atoms with E-state index in [1.807, 2.05) is 0 Å². The molecule has 92 valence electrons. The lowest BCUT2D eigenvalue weighted by Gasteiger charge is -2.36. The minimum atomic E-state index is -0.253. The molecule has 3 N–H and O–H groups in total. The van der Waals surface area contributed by atoms with Gasteiger partial charge < -0.3 is 10.8 Å². The maximum Gasteiger partial charge on any atom is 0.231 e. The number of carbonyl (C=O) groups is 1. The van der Waals surface area contributed by atoms with Crippen molar-refractivity contribution in [3.8, 4) is 0 Å². The summed E-state index contributed by atoms with van der Waals surface area (Å²) in [5.74, 6) is 0.104. The van der Waals surface area contributed by atoms with Crippen LogP contribution in [0.5, 0.6) is 0 Å². The molecule has 3 atom stereocenters. The van der Waals surface area contributed by atoms with E-state index in [0.29, 0.717) is 18.5 Å². The van der Waals surface area contributed by atoms with Crippen LogP contribution in [0.1, 0.15) is 38.5 Å². The summed E-state index contributed by atoms with van der Waals surface area (Å²) in [4.78, 5) is 13.2. The van der Waals surface area contributed by atoms with Gasteiger partial charge in [0.25, 0.3) is 0 Å². The molecule has 1 aliphatic heterocycles. The predicted molar refractivity (Wildman–Crippen MR) is 61.8 cm³/mol. The van der Waals surface area contributed by atoms with Crippen LogP contribution >= 0.6 is 0 Å². The topological polar surface area (TPSA) is 66.6 Å². The molecule has 16 heavy (non-hydrogen) atoms. The lowest BCUT2D eigenvalue weighted by molar-refractivity contribution is -0.120. The van der Waals surface area contributed by atoms with Crippen molar-refractivity contribution in [1.29, 1.82) is 0 Å². The molecule has 0 aromatic carbocycles. The summed E-state index contributed by atoms with van der Waals surface area (Å²) in [6, 6.07) is 0.378. The van der Waals surface area contributed by atoms with Crippen molar-refractivity contribution in [3.63, 3.8) is 0 Å². The molecule has 0 radical (unpaired) electrons. The second kappa shape index (κ2) is 5.15. The maximum atomic E-state index is 11.0. The van der Waals surface area contributed by atoms with Gasteiger partial charge in [-0.3, -0.25) is 9.69 Å². The molecule has 2 aliphatic rings. The van der Waals surface area contributed by atoms with Crippen LogP contribution in [0.2, 0.25) is 0 Å². The van der Waals surface area contributed by atoms with Crippen molar-refractivity contribution in [2.75, 3.05) is 13.1 Å². The monoisotopic (exact) mass is 226 g/mol. The summed E-state index contributed by atoms with van der Waals surface area (Å²) >= 11 is 0. The van der Waals surface area contributed by atoms with Crippen LogP contribution in [-0.4, -0.2) is 41.1 Å². The highest BCUT2D eigenvalue weighted by atomic mass is 16.3. The Bertz CT molecular complexity index is 257. The van der Waals surface area contributed by atoms with Gasteiger partial charge in [-0.05, 0) is 32.2 Å². The Labute approximate surface area is 96.8 Å². The molecule has 1 amide bonds. The molecule has 3 unspecified atom stereocenters. The second-order valence-electron chi connectivity index (χ2n) is 5.16. The summed E-state index contributed by atoms with van der Waals surface area (Å²) < 4.78 is 0. The largest absolute Gasteiger partial charge is 0.393 e. The first kappa shape index (κ1) is 11.9. The van der Waals surface area contributed by atoms with Crippen molar-refractivity contribution in [1.82, 2.24) is 4.90 Å². The summed E-state index contributed by atoms with van der Waals surface area (Å²) in [6.07, 6.45) is 6.43. The number of hydrogen-bond acceptors (Lipinski definition) is 3. The lowest BCUT2D eigenvalue weighted by Crippen LogP contribution is -2.45. The third-order valence-corrected chi connectivity index (χ3v) is 4.05. The first-order chi connectivity index (χ1) is 7.68. The van der Waals surface area contributed by atoms with Crippen LogP contribution in [0.15, 0.2) is 0 Å². The molecule has 4 heteroatoms. The van der Waals surface area contributed by atoms with Crippen LogP contribution in [0, 0.1) is 5.92 Å². The Kier molecular flexibility index (Phi) is 3.82. The molecule has 1 heterocycles. The van der Waals surface area contributed by atoms with E-state index in [1.54, 1.807) is 0 Å². The van der Waals surface area contributed by atoms with Gasteiger partial charge in [0, 0.05) is 12.0 Å². The fourth-order valence-corrected chi connectivity index (χ4v) is 3.32. The first-order valence-corrected chi connectivity index (χ1v) is 6.39. The quantitative estimate of drug-likeness (QED) is 0.736. The van der Waals surface area contributed by atoms with E-state index >= 15 is 0 Å². The molecule has 1 saturated heterocycles. The summed E-state index contributed by atoms with van der Waals surface area (Å²) in [5.41, 5.74) is 5.26. The van der Waals surface area contributed by atoms with Gasteiger partial charge in [-0.25, -0.2) is 0 Å². The predicted octanol–water partition coefficient (Wildman–Crippen LogP) is 0.487. The van der Waals surface area contributed by atoms with Crippen molar-refractivity contribution in [2.24, 2.45) is 11.7 Å². The molecule has 2 rings (SSSR count). The SMILES string of the molecule is NC(=O)CN1CCCC1C1CCCCC1O. The minimum absolute atomic E-state index is 0.174. The summed E-state index contributed by atoms with van der Waals surface area (Å²) in [7, 11) is 0. The highest BCUT2D eigenvalue weighted by molar-refractivity contribution is 5.76. The van der Waals surface area contributed by atoms with Crippen LogP contribution in [0.3, 0.4) is 0 Å².